The highest BCUT2D eigenvalue weighted by molar-refractivity contribution is 5.66. The van der Waals surface area contributed by atoms with E-state index in [9.17, 15) is 0 Å². The lowest BCUT2D eigenvalue weighted by Gasteiger charge is -2.13. The van der Waals surface area contributed by atoms with Crippen molar-refractivity contribution in [3.8, 4) is 28.6 Å². The van der Waals surface area contributed by atoms with Gasteiger partial charge in [-0.1, -0.05) is 0 Å². The van der Waals surface area contributed by atoms with Gasteiger partial charge in [0.05, 0.1) is 21.3 Å². The van der Waals surface area contributed by atoms with Crippen molar-refractivity contribution in [3.63, 3.8) is 0 Å². The van der Waals surface area contributed by atoms with E-state index in [-0.39, 0.29) is 0 Å². The summed E-state index contributed by atoms with van der Waals surface area (Å²) in [6.45, 7) is 0. The van der Waals surface area contributed by atoms with Crippen molar-refractivity contribution < 1.29 is 14.2 Å². The third kappa shape index (κ3) is 1.97. The Morgan fingerprint density at radius 3 is 2.00 bits per heavy atom. The Morgan fingerprint density at radius 1 is 1.00 bits per heavy atom. The van der Waals surface area contributed by atoms with E-state index in [1.54, 1.807) is 27.7 Å². The van der Waals surface area contributed by atoms with Crippen LogP contribution in [0.4, 0.5) is 0 Å². The number of nitrogens with zero attached hydrogens (tertiary/aromatic N) is 3. The van der Waals surface area contributed by atoms with Gasteiger partial charge in [-0.05, 0) is 12.1 Å². The molecule has 2 aromatic rings. The molecule has 0 aliphatic rings. The minimum absolute atomic E-state index is 0.561. The molecule has 0 saturated carbocycles. The molecule has 0 bridgehead atoms. The van der Waals surface area contributed by atoms with Gasteiger partial charge in [-0.25, -0.2) is 0 Å². The standard InChI is InChI=1S/C12H15N3O3/c1-15-7-13-14-12(15)8-5-9(16-2)11(18-4)10(6-8)17-3/h5-7H,1-4H3. The van der Waals surface area contributed by atoms with Crippen LogP contribution in [0, 0.1) is 0 Å². The average molecular weight is 249 g/mol. The maximum atomic E-state index is 5.29. The van der Waals surface area contributed by atoms with Crippen LogP contribution in [-0.4, -0.2) is 36.1 Å². The van der Waals surface area contributed by atoms with Gasteiger partial charge in [-0.15, -0.1) is 10.2 Å². The molecular formula is C12H15N3O3. The molecule has 0 N–H and O–H groups in total. The highest BCUT2D eigenvalue weighted by atomic mass is 16.5. The molecular weight excluding hydrogens is 234 g/mol. The van der Waals surface area contributed by atoms with Crippen molar-refractivity contribution in [2.24, 2.45) is 7.05 Å². The Morgan fingerprint density at radius 2 is 1.61 bits per heavy atom. The maximum absolute atomic E-state index is 5.29. The summed E-state index contributed by atoms with van der Waals surface area (Å²) in [6.07, 6.45) is 1.64. The first-order chi connectivity index (χ1) is 8.71. The Hall–Kier alpha value is -2.24. The lowest BCUT2D eigenvalue weighted by atomic mass is 10.1. The predicted octanol–water partition coefficient (Wildman–Crippen LogP) is 1.51. The highest BCUT2D eigenvalue weighted by Crippen LogP contribution is 2.40. The second kappa shape index (κ2) is 4.95. The molecule has 96 valence electrons. The van der Waals surface area contributed by atoms with Crippen LogP contribution in [0.2, 0.25) is 0 Å². The molecule has 1 heterocycles. The minimum Gasteiger partial charge on any atom is -0.493 e. The average Bonchev–Trinajstić information content (AvgIpc) is 2.83. The first-order valence-corrected chi connectivity index (χ1v) is 5.35. The topological polar surface area (TPSA) is 58.4 Å². The molecule has 0 amide bonds. The van der Waals surface area contributed by atoms with Gasteiger partial charge >= 0.3 is 0 Å². The summed E-state index contributed by atoms with van der Waals surface area (Å²) in [5.74, 6) is 2.48. The zero-order valence-corrected chi connectivity index (χ0v) is 10.8. The molecule has 0 radical (unpaired) electrons. The van der Waals surface area contributed by atoms with Crippen molar-refractivity contribution >= 4 is 0 Å². The molecule has 6 nitrogen and oxygen atoms in total. The van der Waals surface area contributed by atoms with Crippen molar-refractivity contribution in [2.75, 3.05) is 21.3 Å². The second-order valence-electron chi connectivity index (χ2n) is 3.68. The largest absolute Gasteiger partial charge is 0.493 e. The molecule has 0 aliphatic carbocycles. The van der Waals surface area contributed by atoms with Gasteiger partial charge in [0, 0.05) is 12.6 Å². The molecule has 18 heavy (non-hydrogen) atoms. The Labute approximate surface area is 105 Å². The van der Waals surface area contributed by atoms with Crippen LogP contribution in [0.3, 0.4) is 0 Å². The quantitative estimate of drug-likeness (QED) is 0.822. The van der Waals surface area contributed by atoms with Crippen LogP contribution in [0.1, 0.15) is 0 Å². The number of methoxy groups -OCH3 is 3. The fourth-order valence-corrected chi connectivity index (χ4v) is 1.75. The maximum Gasteiger partial charge on any atom is 0.203 e. The Kier molecular flexibility index (Phi) is 3.36. The molecule has 0 atom stereocenters. The van der Waals surface area contributed by atoms with Crippen LogP contribution >= 0.6 is 0 Å². The van der Waals surface area contributed by atoms with Gasteiger partial charge < -0.3 is 18.8 Å². The van der Waals surface area contributed by atoms with E-state index in [1.807, 2.05) is 23.7 Å². The number of hydrogen-bond donors (Lipinski definition) is 0. The normalized spacial score (nSPS) is 10.2. The number of aryl methyl sites for hydroxylation is 1. The fraction of sp³-hybridized carbons (Fsp3) is 0.333. The minimum atomic E-state index is 0.561. The summed E-state index contributed by atoms with van der Waals surface area (Å²) in [5, 5.41) is 7.91. The van der Waals surface area contributed by atoms with Crippen molar-refractivity contribution in [3.05, 3.63) is 18.5 Å². The molecule has 6 heteroatoms. The fourth-order valence-electron chi connectivity index (χ4n) is 1.75. The lowest BCUT2D eigenvalue weighted by molar-refractivity contribution is 0.324. The van der Waals surface area contributed by atoms with E-state index >= 15 is 0 Å². The van der Waals surface area contributed by atoms with E-state index in [0.29, 0.717) is 17.2 Å². The molecule has 0 saturated heterocycles. The van der Waals surface area contributed by atoms with E-state index < -0.39 is 0 Å². The van der Waals surface area contributed by atoms with Crippen molar-refractivity contribution in [1.29, 1.82) is 0 Å². The number of hydrogen-bond acceptors (Lipinski definition) is 5. The van der Waals surface area contributed by atoms with Gasteiger partial charge in [0.15, 0.2) is 17.3 Å². The van der Waals surface area contributed by atoms with Crippen molar-refractivity contribution in [2.45, 2.75) is 0 Å². The number of aromatic nitrogens is 3. The zero-order chi connectivity index (χ0) is 13.1. The molecule has 0 aliphatic heterocycles. The summed E-state index contributed by atoms with van der Waals surface area (Å²) in [5.41, 5.74) is 0.851. The van der Waals surface area contributed by atoms with Crippen molar-refractivity contribution in [1.82, 2.24) is 14.8 Å². The highest BCUT2D eigenvalue weighted by Gasteiger charge is 2.16. The van der Waals surface area contributed by atoms with Crippen LogP contribution in [0.25, 0.3) is 11.4 Å². The molecule has 2 rings (SSSR count). The SMILES string of the molecule is COc1cc(-c2nncn2C)cc(OC)c1OC. The summed E-state index contributed by atoms with van der Waals surface area (Å²) in [6, 6.07) is 3.68. The van der Waals surface area contributed by atoms with E-state index in [4.69, 9.17) is 14.2 Å². The molecule has 0 unspecified atom stereocenters. The van der Waals surface area contributed by atoms with Gasteiger partial charge in [-0.3, -0.25) is 0 Å². The molecule has 1 aromatic carbocycles. The second-order valence-corrected chi connectivity index (χ2v) is 3.68. The third-order valence-corrected chi connectivity index (χ3v) is 2.63. The predicted molar refractivity (Wildman–Crippen MR) is 66.1 cm³/mol. The number of ether oxygens (including phenoxy) is 3. The first-order valence-electron chi connectivity index (χ1n) is 5.35. The zero-order valence-electron chi connectivity index (χ0n) is 10.8. The number of rotatable bonds is 4. The van der Waals surface area contributed by atoms with E-state index in [1.165, 1.54) is 0 Å². The first kappa shape index (κ1) is 12.2. The smallest absolute Gasteiger partial charge is 0.203 e. The Balaban J connectivity index is 2.60. The molecule has 0 spiro atoms. The van der Waals surface area contributed by atoms with E-state index in [0.717, 1.165) is 11.4 Å². The summed E-state index contributed by atoms with van der Waals surface area (Å²) in [7, 11) is 6.61. The monoisotopic (exact) mass is 249 g/mol. The summed E-state index contributed by atoms with van der Waals surface area (Å²) >= 11 is 0. The van der Waals surface area contributed by atoms with Gasteiger partial charge in [0.2, 0.25) is 5.75 Å². The molecule has 0 fully saturated rings. The third-order valence-electron chi connectivity index (χ3n) is 2.63. The number of benzene rings is 1. The van der Waals surface area contributed by atoms with Crippen LogP contribution in [0.15, 0.2) is 18.5 Å². The summed E-state index contributed by atoms with van der Waals surface area (Å²) < 4.78 is 17.7. The van der Waals surface area contributed by atoms with Crippen LogP contribution < -0.4 is 14.2 Å². The van der Waals surface area contributed by atoms with Gasteiger partial charge in [0.1, 0.15) is 6.33 Å². The Bertz CT molecular complexity index is 526. The van der Waals surface area contributed by atoms with Crippen LogP contribution in [-0.2, 0) is 7.05 Å². The summed E-state index contributed by atoms with van der Waals surface area (Å²) in [4.78, 5) is 0. The van der Waals surface area contributed by atoms with Crippen LogP contribution in [0.5, 0.6) is 17.2 Å². The molecule has 1 aromatic heterocycles. The van der Waals surface area contributed by atoms with E-state index in [2.05, 4.69) is 10.2 Å². The lowest BCUT2D eigenvalue weighted by Crippen LogP contribution is -1.97. The van der Waals surface area contributed by atoms with Gasteiger partial charge in [-0.2, -0.15) is 0 Å². The van der Waals surface area contributed by atoms with Gasteiger partial charge in [0.25, 0.3) is 0 Å².